The van der Waals surface area contributed by atoms with E-state index in [1.807, 2.05) is 30.3 Å². The van der Waals surface area contributed by atoms with E-state index in [1.165, 1.54) is 6.08 Å². The largest absolute Gasteiger partial charge is 0.315 e. The normalized spacial score (nSPS) is 24.7. The number of carbonyl (C=O) groups excluding carboxylic acids is 3. The summed E-state index contributed by atoms with van der Waals surface area (Å²) in [6.07, 6.45) is 3.14. The number of para-hydroxylation sites is 1. The van der Waals surface area contributed by atoms with E-state index in [0.717, 1.165) is 5.56 Å². The predicted octanol–water partition coefficient (Wildman–Crippen LogP) is 2.93. The first kappa shape index (κ1) is 15.5. The molecule has 0 fully saturated rings. The second-order valence-electron chi connectivity index (χ2n) is 6.53. The van der Waals surface area contributed by atoms with Gasteiger partial charge < -0.3 is 4.90 Å². The maximum absolute atomic E-state index is 13.5. The first-order valence-corrected chi connectivity index (χ1v) is 8.24. The quantitative estimate of drug-likeness (QED) is 0.795. The van der Waals surface area contributed by atoms with Gasteiger partial charge in [-0.2, -0.15) is 0 Å². The molecule has 0 unspecified atom stereocenters. The third-order valence-electron chi connectivity index (χ3n) is 5.24. The number of fused-ring (bicyclic) bond motifs is 3. The van der Waals surface area contributed by atoms with Crippen molar-refractivity contribution in [2.24, 2.45) is 5.92 Å². The minimum absolute atomic E-state index is 0.0482. The zero-order valence-electron chi connectivity index (χ0n) is 13.8. The van der Waals surface area contributed by atoms with Gasteiger partial charge in [0.25, 0.3) is 0 Å². The Morgan fingerprint density at radius 3 is 2.48 bits per heavy atom. The second kappa shape index (κ2) is 5.52. The molecule has 25 heavy (non-hydrogen) atoms. The molecule has 124 valence electrons. The maximum Gasteiger partial charge on any atom is 0.231 e. The first-order chi connectivity index (χ1) is 12.1. The summed E-state index contributed by atoms with van der Waals surface area (Å²) in [5.41, 5.74) is 0.903. The number of anilines is 1. The van der Waals surface area contributed by atoms with Crippen molar-refractivity contribution in [3.63, 3.8) is 0 Å². The maximum atomic E-state index is 13.5. The van der Waals surface area contributed by atoms with Crippen molar-refractivity contribution < 1.29 is 14.4 Å². The van der Waals surface area contributed by atoms with Gasteiger partial charge in [0.05, 0.1) is 11.3 Å². The van der Waals surface area contributed by atoms with Crippen LogP contribution < -0.4 is 4.90 Å². The van der Waals surface area contributed by atoms with Crippen LogP contribution in [-0.4, -0.2) is 24.5 Å². The summed E-state index contributed by atoms with van der Waals surface area (Å²) in [4.78, 5) is 40.1. The molecule has 2 aromatic rings. The van der Waals surface area contributed by atoms with Gasteiger partial charge in [0.1, 0.15) is 0 Å². The van der Waals surface area contributed by atoms with Crippen molar-refractivity contribution in [1.82, 2.24) is 0 Å². The highest BCUT2D eigenvalue weighted by Crippen LogP contribution is 2.49. The summed E-state index contributed by atoms with van der Waals surface area (Å²) in [5, 5.41) is 0. The summed E-state index contributed by atoms with van der Waals surface area (Å²) in [6, 6.07) is 16.4. The minimum Gasteiger partial charge on any atom is -0.315 e. The van der Waals surface area contributed by atoms with Crippen molar-refractivity contribution in [2.45, 2.75) is 11.8 Å². The monoisotopic (exact) mass is 331 g/mol. The molecule has 4 rings (SSSR count). The highest BCUT2D eigenvalue weighted by atomic mass is 16.2. The van der Waals surface area contributed by atoms with Crippen LogP contribution in [0.15, 0.2) is 66.7 Å². The van der Waals surface area contributed by atoms with E-state index in [4.69, 9.17) is 0 Å². The lowest BCUT2D eigenvalue weighted by atomic mass is 9.59. The number of carbonyl (C=O) groups is 3. The molecule has 0 spiro atoms. The average molecular weight is 331 g/mol. The molecule has 0 N–H and O–H groups in total. The predicted molar refractivity (Wildman–Crippen MR) is 94.6 cm³/mol. The SMILES string of the molecule is CN1C(=O)[C@H]2CC(=O)C=C[C@@]2(C(=O)c2ccccc2)c2ccccc21. The average Bonchev–Trinajstić information content (AvgIpc) is 2.66. The molecule has 1 aliphatic heterocycles. The Balaban J connectivity index is 2.02. The number of rotatable bonds is 2. The van der Waals surface area contributed by atoms with Gasteiger partial charge >= 0.3 is 0 Å². The van der Waals surface area contributed by atoms with Gasteiger partial charge in [-0.3, -0.25) is 14.4 Å². The van der Waals surface area contributed by atoms with Gasteiger partial charge in [0.15, 0.2) is 11.6 Å². The van der Waals surface area contributed by atoms with Crippen LogP contribution in [0.25, 0.3) is 0 Å². The number of hydrogen-bond donors (Lipinski definition) is 0. The van der Waals surface area contributed by atoms with E-state index in [9.17, 15) is 14.4 Å². The molecule has 1 aliphatic carbocycles. The number of hydrogen-bond acceptors (Lipinski definition) is 3. The number of nitrogens with zero attached hydrogens (tertiary/aromatic N) is 1. The smallest absolute Gasteiger partial charge is 0.231 e. The molecule has 2 aromatic carbocycles. The number of Topliss-reactive ketones (excluding diaryl/α,β-unsaturated/α-hetero) is 1. The fraction of sp³-hybridized carbons (Fsp3) is 0.190. The lowest BCUT2D eigenvalue weighted by molar-refractivity contribution is -0.128. The molecule has 2 aliphatic rings. The van der Waals surface area contributed by atoms with Crippen molar-refractivity contribution in [3.05, 3.63) is 77.9 Å². The summed E-state index contributed by atoms with van der Waals surface area (Å²) in [7, 11) is 1.70. The van der Waals surface area contributed by atoms with Crippen molar-refractivity contribution in [1.29, 1.82) is 0 Å². The molecule has 4 heteroatoms. The van der Waals surface area contributed by atoms with Crippen LogP contribution >= 0.6 is 0 Å². The van der Waals surface area contributed by atoms with E-state index < -0.39 is 11.3 Å². The molecular formula is C21H17NO3. The van der Waals surface area contributed by atoms with Crippen LogP contribution in [0.2, 0.25) is 0 Å². The van der Waals surface area contributed by atoms with Crippen molar-refractivity contribution in [3.8, 4) is 0 Å². The summed E-state index contributed by atoms with van der Waals surface area (Å²) < 4.78 is 0. The Bertz CT molecular complexity index is 916. The van der Waals surface area contributed by atoms with Gasteiger partial charge in [0.2, 0.25) is 5.91 Å². The van der Waals surface area contributed by atoms with Gasteiger partial charge in [-0.05, 0) is 17.7 Å². The lowest BCUT2D eigenvalue weighted by Gasteiger charge is -2.46. The van der Waals surface area contributed by atoms with Crippen molar-refractivity contribution in [2.75, 3.05) is 11.9 Å². The number of benzene rings is 2. The Hall–Kier alpha value is -3.01. The fourth-order valence-electron chi connectivity index (χ4n) is 3.98. The summed E-state index contributed by atoms with van der Waals surface area (Å²) in [5.74, 6) is -1.17. The molecule has 4 nitrogen and oxygen atoms in total. The minimum atomic E-state index is -1.13. The van der Waals surface area contributed by atoms with Gasteiger partial charge in [-0.1, -0.05) is 54.6 Å². The number of ketones is 2. The highest BCUT2D eigenvalue weighted by molar-refractivity contribution is 6.16. The standard InChI is InChI=1S/C21H17NO3/c1-22-18-10-6-5-9-16(18)21(19(24)14-7-3-2-4-8-14)12-11-15(23)13-17(21)20(22)25/h2-12,17H,13H2,1H3/t17-,21-/m1/s1. The molecule has 0 saturated heterocycles. The first-order valence-electron chi connectivity index (χ1n) is 8.24. The number of allylic oxidation sites excluding steroid dienone is 2. The topological polar surface area (TPSA) is 54.5 Å². The molecular weight excluding hydrogens is 314 g/mol. The van der Waals surface area contributed by atoms with Gasteiger partial charge in [-0.15, -0.1) is 0 Å². The molecule has 1 heterocycles. The Morgan fingerprint density at radius 1 is 1.04 bits per heavy atom. The summed E-state index contributed by atoms with van der Waals surface area (Å²) >= 11 is 0. The molecule has 0 radical (unpaired) electrons. The van der Waals surface area contributed by atoms with E-state index >= 15 is 0 Å². The second-order valence-corrected chi connectivity index (χ2v) is 6.53. The van der Waals surface area contributed by atoms with Crippen LogP contribution in [0.4, 0.5) is 5.69 Å². The lowest BCUT2D eigenvalue weighted by Crippen LogP contribution is -2.55. The van der Waals surface area contributed by atoms with E-state index in [1.54, 1.807) is 42.3 Å². The third-order valence-corrected chi connectivity index (χ3v) is 5.24. The van der Waals surface area contributed by atoms with E-state index in [2.05, 4.69) is 0 Å². The zero-order valence-corrected chi connectivity index (χ0v) is 13.8. The molecule has 2 atom stereocenters. The zero-order chi connectivity index (χ0) is 17.6. The van der Waals surface area contributed by atoms with Crippen LogP contribution in [0, 0.1) is 5.92 Å². The fourth-order valence-corrected chi connectivity index (χ4v) is 3.98. The third kappa shape index (κ3) is 2.10. The Labute approximate surface area is 145 Å². The molecule has 0 bridgehead atoms. The Morgan fingerprint density at radius 2 is 1.72 bits per heavy atom. The highest BCUT2D eigenvalue weighted by Gasteiger charge is 2.55. The van der Waals surface area contributed by atoms with Crippen LogP contribution in [0.3, 0.4) is 0 Å². The molecule has 0 saturated carbocycles. The van der Waals surface area contributed by atoms with Crippen LogP contribution in [0.1, 0.15) is 22.3 Å². The van der Waals surface area contributed by atoms with Gasteiger partial charge in [0, 0.05) is 24.7 Å². The van der Waals surface area contributed by atoms with Gasteiger partial charge in [-0.25, -0.2) is 0 Å². The summed E-state index contributed by atoms with van der Waals surface area (Å²) in [6.45, 7) is 0. The molecule has 1 amide bonds. The van der Waals surface area contributed by atoms with E-state index in [0.29, 0.717) is 11.3 Å². The number of amides is 1. The van der Waals surface area contributed by atoms with Crippen LogP contribution in [-0.2, 0) is 15.0 Å². The van der Waals surface area contributed by atoms with Crippen molar-refractivity contribution >= 4 is 23.2 Å². The van der Waals surface area contributed by atoms with Crippen LogP contribution in [0.5, 0.6) is 0 Å². The molecule has 0 aromatic heterocycles. The van der Waals surface area contributed by atoms with E-state index in [-0.39, 0.29) is 23.9 Å². The Kier molecular flexibility index (Phi) is 3.42.